The monoisotopic (exact) mass is 273 g/mol. The van der Waals surface area contributed by atoms with Gasteiger partial charge in [0.15, 0.2) is 0 Å². The number of hydrogen-bond donors (Lipinski definition) is 1. The predicted octanol–water partition coefficient (Wildman–Crippen LogP) is 2.19. The Labute approximate surface area is 98.9 Å². The maximum atomic E-state index is 5.32. The third kappa shape index (κ3) is 3.81. The Bertz CT molecular complexity index is 305. The van der Waals surface area contributed by atoms with Crippen molar-refractivity contribution in [2.24, 2.45) is 0 Å². The Morgan fingerprint density at radius 3 is 2.80 bits per heavy atom. The molecular formula is C11H16BrNO2. The van der Waals surface area contributed by atoms with Gasteiger partial charge in [-0.2, -0.15) is 0 Å². The average Bonchev–Trinajstić information content (AvgIpc) is 2.24. The van der Waals surface area contributed by atoms with Crippen LogP contribution in [0.5, 0.6) is 5.75 Å². The quantitative estimate of drug-likeness (QED) is 0.807. The molecule has 1 aromatic carbocycles. The van der Waals surface area contributed by atoms with E-state index in [0.717, 1.165) is 35.5 Å². The van der Waals surface area contributed by atoms with Crippen LogP contribution in [0.3, 0.4) is 0 Å². The largest absolute Gasteiger partial charge is 0.495 e. The van der Waals surface area contributed by atoms with Gasteiger partial charge in [-0.1, -0.05) is 12.1 Å². The van der Waals surface area contributed by atoms with Crippen molar-refractivity contribution in [3.05, 3.63) is 28.2 Å². The minimum absolute atomic E-state index is 0.719. The van der Waals surface area contributed by atoms with E-state index in [-0.39, 0.29) is 0 Å². The maximum absolute atomic E-state index is 5.32. The molecular weight excluding hydrogens is 258 g/mol. The van der Waals surface area contributed by atoms with Gasteiger partial charge in [-0.05, 0) is 22.0 Å². The molecule has 0 unspecified atom stereocenters. The zero-order valence-electron chi connectivity index (χ0n) is 9.05. The first-order chi connectivity index (χ1) is 7.29. The summed E-state index contributed by atoms with van der Waals surface area (Å²) >= 11 is 3.45. The second kappa shape index (κ2) is 6.82. The van der Waals surface area contributed by atoms with Crippen molar-refractivity contribution in [3.8, 4) is 5.75 Å². The fraction of sp³-hybridized carbons (Fsp3) is 0.455. The lowest BCUT2D eigenvalue weighted by atomic mass is 10.2. The minimum atomic E-state index is 0.719. The fourth-order valence-electron chi connectivity index (χ4n) is 1.32. The second-order valence-corrected chi connectivity index (χ2v) is 3.96. The number of hydrogen-bond acceptors (Lipinski definition) is 3. The molecule has 0 radical (unpaired) electrons. The first kappa shape index (κ1) is 12.5. The highest BCUT2D eigenvalue weighted by atomic mass is 79.9. The number of rotatable bonds is 6. The molecule has 0 aliphatic rings. The normalized spacial score (nSPS) is 10.3. The van der Waals surface area contributed by atoms with Crippen molar-refractivity contribution >= 4 is 15.9 Å². The van der Waals surface area contributed by atoms with Crippen LogP contribution in [0.2, 0.25) is 0 Å². The highest BCUT2D eigenvalue weighted by Crippen LogP contribution is 2.28. The van der Waals surface area contributed by atoms with Crippen LogP contribution in [0.15, 0.2) is 22.7 Å². The van der Waals surface area contributed by atoms with Gasteiger partial charge < -0.3 is 14.8 Å². The van der Waals surface area contributed by atoms with Crippen LogP contribution in [0.4, 0.5) is 0 Å². The van der Waals surface area contributed by atoms with E-state index >= 15 is 0 Å². The van der Waals surface area contributed by atoms with Gasteiger partial charge in [0, 0.05) is 25.8 Å². The average molecular weight is 274 g/mol. The van der Waals surface area contributed by atoms with Crippen molar-refractivity contribution in [2.75, 3.05) is 27.4 Å². The van der Waals surface area contributed by atoms with Crippen LogP contribution in [0.25, 0.3) is 0 Å². The lowest BCUT2D eigenvalue weighted by molar-refractivity contribution is 0.199. The van der Waals surface area contributed by atoms with E-state index in [2.05, 4.69) is 21.2 Å². The van der Waals surface area contributed by atoms with Gasteiger partial charge in [0.05, 0.1) is 18.2 Å². The van der Waals surface area contributed by atoms with E-state index < -0.39 is 0 Å². The fourth-order valence-corrected chi connectivity index (χ4v) is 1.89. The number of nitrogens with one attached hydrogen (secondary N) is 1. The van der Waals surface area contributed by atoms with E-state index in [9.17, 15) is 0 Å². The number of para-hydroxylation sites is 1. The molecule has 0 aliphatic heterocycles. The van der Waals surface area contributed by atoms with Crippen molar-refractivity contribution in [1.82, 2.24) is 5.32 Å². The first-order valence-electron chi connectivity index (χ1n) is 4.80. The number of halogens is 1. The Hall–Kier alpha value is -0.580. The summed E-state index contributed by atoms with van der Waals surface area (Å²) in [5.74, 6) is 0.891. The maximum Gasteiger partial charge on any atom is 0.137 e. The Kier molecular flexibility index (Phi) is 5.68. The van der Waals surface area contributed by atoms with Crippen LogP contribution in [0, 0.1) is 0 Å². The van der Waals surface area contributed by atoms with E-state index in [1.54, 1.807) is 14.2 Å². The lowest BCUT2D eigenvalue weighted by Gasteiger charge is -2.10. The number of ether oxygens (including phenoxy) is 2. The molecule has 0 atom stereocenters. The molecule has 0 fully saturated rings. The molecule has 3 nitrogen and oxygen atoms in total. The molecule has 0 spiro atoms. The molecule has 0 heterocycles. The molecule has 84 valence electrons. The Morgan fingerprint density at radius 2 is 2.13 bits per heavy atom. The Balaban J connectivity index is 2.56. The van der Waals surface area contributed by atoms with Crippen molar-refractivity contribution in [3.63, 3.8) is 0 Å². The summed E-state index contributed by atoms with van der Waals surface area (Å²) < 4.78 is 11.3. The van der Waals surface area contributed by atoms with Crippen LogP contribution in [-0.2, 0) is 11.3 Å². The number of benzene rings is 1. The van der Waals surface area contributed by atoms with Gasteiger partial charge in [0.2, 0.25) is 0 Å². The van der Waals surface area contributed by atoms with Crippen molar-refractivity contribution in [1.29, 1.82) is 0 Å². The molecule has 1 N–H and O–H groups in total. The highest BCUT2D eigenvalue weighted by Gasteiger charge is 2.05. The molecule has 0 aromatic heterocycles. The van der Waals surface area contributed by atoms with Gasteiger partial charge >= 0.3 is 0 Å². The standard InChI is InChI=1S/C11H16BrNO2/c1-14-7-6-13-8-9-4-3-5-10(12)11(9)15-2/h3-5,13H,6-8H2,1-2H3. The first-order valence-corrected chi connectivity index (χ1v) is 5.60. The molecule has 0 saturated heterocycles. The van der Waals surface area contributed by atoms with Crippen LogP contribution < -0.4 is 10.1 Å². The van der Waals surface area contributed by atoms with E-state index in [1.807, 2.05) is 18.2 Å². The van der Waals surface area contributed by atoms with E-state index in [0.29, 0.717) is 0 Å². The van der Waals surface area contributed by atoms with Crippen molar-refractivity contribution in [2.45, 2.75) is 6.54 Å². The third-order valence-electron chi connectivity index (χ3n) is 2.05. The number of methoxy groups -OCH3 is 2. The smallest absolute Gasteiger partial charge is 0.137 e. The van der Waals surface area contributed by atoms with Gasteiger partial charge in [0.1, 0.15) is 5.75 Å². The molecule has 4 heteroatoms. The van der Waals surface area contributed by atoms with Crippen LogP contribution in [-0.4, -0.2) is 27.4 Å². The summed E-state index contributed by atoms with van der Waals surface area (Å²) in [4.78, 5) is 0. The summed E-state index contributed by atoms with van der Waals surface area (Å²) in [7, 11) is 3.38. The Morgan fingerprint density at radius 1 is 1.33 bits per heavy atom. The SMILES string of the molecule is COCCNCc1cccc(Br)c1OC. The van der Waals surface area contributed by atoms with E-state index in [4.69, 9.17) is 9.47 Å². The molecule has 0 aliphatic carbocycles. The molecule has 1 rings (SSSR count). The molecule has 0 bridgehead atoms. The van der Waals surface area contributed by atoms with Gasteiger partial charge in [0.25, 0.3) is 0 Å². The summed E-state index contributed by atoms with van der Waals surface area (Å²) in [5, 5.41) is 3.28. The topological polar surface area (TPSA) is 30.5 Å². The summed E-state index contributed by atoms with van der Waals surface area (Å²) in [6.45, 7) is 2.34. The summed E-state index contributed by atoms with van der Waals surface area (Å²) in [6, 6.07) is 6.01. The highest BCUT2D eigenvalue weighted by molar-refractivity contribution is 9.10. The predicted molar refractivity (Wildman–Crippen MR) is 64.3 cm³/mol. The third-order valence-corrected chi connectivity index (χ3v) is 2.68. The zero-order valence-corrected chi connectivity index (χ0v) is 10.6. The molecule has 1 aromatic rings. The van der Waals surface area contributed by atoms with E-state index in [1.165, 1.54) is 0 Å². The second-order valence-electron chi connectivity index (χ2n) is 3.10. The minimum Gasteiger partial charge on any atom is -0.495 e. The van der Waals surface area contributed by atoms with Gasteiger partial charge in [-0.3, -0.25) is 0 Å². The van der Waals surface area contributed by atoms with Crippen LogP contribution >= 0.6 is 15.9 Å². The van der Waals surface area contributed by atoms with Gasteiger partial charge in [-0.15, -0.1) is 0 Å². The zero-order chi connectivity index (χ0) is 11.1. The molecule has 15 heavy (non-hydrogen) atoms. The van der Waals surface area contributed by atoms with Gasteiger partial charge in [-0.25, -0.2) is 0 Å². The summed E-state index contributed by atoms with van der Waals surface area (Å²) in [6.07, 6.45) is 0. The van der Waals surface area contributed by atoms with Crippen molar-refractivity contribution < 1.29 is 9.47 Å². The molecule has 0 amide bonds. The molecule has 0 saturated carbocycles. The lowest BCUT2D eigenvalue weighted by Crippen LogP contribution is -2.18. The summed E-state index contributed by atoms with van der Waals surface area (Å²) in [5.41, 5.74) is 1.14. The van der Waals surface area contributed by atoms with Crippen LogP contribution in [0.1, 0.15) is 5.56 Å².